The molecule has 2 saturated heterocycles. The minimum Gasteiger partial charge on any atom is -0.368 e. The van der Waals surface area contributed by atoms with Crippen LogP contribution in [0.2, 0.25) is 0 Å². The van der Waals surface area contributed by atoms with Gasteiger partial charge in [-0.2, -0.15) is 0 Å². The number of ether oxygens (including phenoxy) is 1. The minimum absolute atomic E-state index is 0.0295. The molecule has 6 nitrogen and oxygen atoms in total. The summed E-state index contributed by atoms with van der Waals surface area (Å²) < 4.78 is 8.24. The van der Waals surface area contributed by atoms with Crippen molar-refractivity contribution in [1.82, 2.24) is 19.8 Å². The van der Waals surface area contributed by atoms with E-state index in [-0.39, 0.29) is 18.1 Å². The summed E-state index contributed by atoms with van der Waals surface area (Å²) in [5.41, 5.74) is 4.19. The Morgan fingerprint density at radius 2 is 2.03 bits per heavy atom. The van der Waals surface area contributed by atoms with Gasteiger partial charge in [0.25, 0.3) is 0 Å². The molecule has 1 N–H and O–H groups in total. The van der Waals surface area contributed by atoms with Crippen molar-refractivity contribution in [3.8, 4) is 0 Å². The highest BCUT2D eigenvalue weighted by Gasteiger charge is 2.82. The summed E-state index contributed by atoms with van der Waals surface area (Å²) in [4.78, 5) is 20.7. The summed E-state index contributed by atoms with van der Waals surface area (Å²) >= 11 is 0. The second-order valence-electron chi connectivity index (χ2n) is 11.4. The molecule has 6 unspecified atom stereocenters. The lowest BCUT2D eigenvalue weighted by molar-refractivity contribution is -0.131. The molecule has 2 saturated carbocycles. The Kier molecular flexibility index (Phi) is 4.33. The third kappa shape index (κ3) is 2.84. The summed E-state index contributed by atoms with van der Waals surface area (Å²) in [5.74, 6) is 2.10. The lowest BCUT2D eigenvalue weighted by Gasteiger charge is -2.44. The normalized spacial score (nSPS) is 35.1. The molecule has 35 heavy (non-hydrogen) atoms. The number of fused-ring (bicyclic) bond motifs is 6. The van der Waals surface area contributed by atoms with Gasteiger partial charge in [-0.3, -0.25) is 9.69 Å². The van der Waals surface area contributed by atoms with Gasteiger partial charge in [-0.05, 0) is 55.7 Å². The molecule has 1 amide bonds. The summed E-state index contributed by atoms with van der Waals surface area (Å²) in [7, 11) is 0. The average Bonchev–Trinajstić information content (AvgIpc) is 3.35. The number of carbonyl (C=O) groups excluding carboxylic acids is 1. The van der Waals surface area contributed by atoms with Crippen molar-refractivity contribution in [2.45, 2.75) is 68.8 Å². The average molecular weight is 469 g/mol. The highest BCUT2D eigenvalue weighted by molar-refractivity contribution is 5.81. The van der Waals surface area contributed by atoms with Crippen molar-refractivity contribution in [1.29, 1.82) is 0 Å². The van der Waals surface area contributed by atoms with Crippen LogP contribution in [0.1, 0.15) is 55.6 Å². The van der Waals surface area contributed by atoms with Gasteiger partial charge in [0.15, 0.2) is 0 Å². The molecule has 5 aliphatic rings. The van der Waals surface area contributed by atoms with Crippen LogP contribution >= 0.6 is 0 Å². The van der Waals surface area contributed by atoms with E-state index in [0.29, 0.717) is 30.1 Å². The molecule has 0 radical (unpaired) electrons. The van der Waals surface area contributed by atoms with Crippen LogP contribution in [0.3, 0.4) is 0 Å². The molecule has 3 aliphatic heterocycles. The molecule has 1 aromatic heterocycles. The highest BCUT2D eigenvalue weighted by Crippen LogP contribution is 2.78. The Bertz CT molecular complexity index is 1300. The number of hydrogen-bond acceptors (Lipinski definition) is 4. The number of amides is 1. The fourth-order valence-electron chi connectivity index (χ4n) is 8.41. The number of likely N-dealkylation sites (tertiary alicyclic amines) is 1. The van der Waals surface area contributed by atoms with Crippen molar-refractivity contribution in [2.24, 2.45) is 11.3 Å². The Labute approximate surface area is 205 Å². The molecule has 2 bridgehead atoms. The second-order valence-corrected chi connectivity index (χ2v) is 11.4. The first kappa shape index (κ1) is 20.5. The zero-order valence-corrected chi connectivity index (χ0v) is 20.0. The van der Waals surface area contributed by atoms with Crippen LogP contribution in [0.4, 0.5) is 0 Å². The number of rotatable bonds is 6. The van der Waals surface area contributed by atoms with E-state index in [0.717, 1.165) is 43.7 Å². The van der Waals surface area contributed by atoms with Gasteiger partial charge in [-0.15, -0.1) is 0 Å². The lowest BCUT2D eigenvalue weighted by Crippen LogP contribution is -2.53. The van der Waals surface area contributed by atoms with Gasteiger partial charge < -0.3 is 14.6 Å². The molecular formula is C29H32N4O2. The zero-order chi connectivity index (χ0) is 23.1. The van der Waals surface area contributed by atoms with Crippen LogP contribution in [0.25, 0.3) is 11.0 Å². The van der Waals surface area contributed by atoms with Crippen molar-refractivity contribution < 1.29 is 9.53 Å². The van der Waals surface area contributed by atoms with E-state index in [1.807, 2.05) is 6.07 Å². The monoisotopic (exact) mass is 468 g/mol. The number of carbonyl (C=O) groups is 1. The van der Waals surface area contributed by atoms with Crippen molar-refractivity contribution in [2.75, 3.05) is 13.2 Å². The molecule has 7 atom stereocenters. The molecule has 4 fully saturated rings. The van der Waals surface area contributed by atoms with E-state index in [4.69, 9.17) is 9.72 Å². The Morgan fingerprint density at radius 1 is 1.17 bits per heavy atom. The summed E-state index contributed by atoms with van der Waals surface area (Å²) in [6.07, 6.45) is 6.12. The van der Waals surface area contributed by atoms with Gasteiger partial charge in [0.2, 0.25) is 5.91 Å². The van der Waals surface area contributed by atoms with E-state index in [9.17, 15) is 4.79 Å². The van der Waals surface area contributed by atoms with Crippen molar-refractivity contribution >= 4 is 16.9 Å². The van der Waals surface area contributed by atoms with Gasteiger partial charge in [0.1, 0.15) is 11.9 Å². The van der Waals surface area contributed by atoms with E-state index in [1.165, 1.54) is 29.7 Å². The number of nitrogens with one attached hydrogen (secondary N) is 1. The number of benzene rings is 2. The minimum atomic E-state index is -0.285. The highest BCUT2D eigenvalue weighted by atomic mass is 16.5. The first-order valence-electron chi connectivity index (χ1n) is 13.4. The Balaban J connectivity index is 1.01. The van der Waals surface area contributed by atoms with E-state index in [1.54, 1.807) is 0 Å². The van der Waals surface area contributed by atoms with E-state index >= 15 is 0 Å². The molecule has 6 heteroatoms. The number of hydrogen-bond donors (Lipinski definition) is 1. The third-order valence-electron chi connectivity index (χ3n) is 9.83. The lowest BCUT2D eigenvalue weighted by atomic mass is 9.88. The fourth-order valence-corrected chi connectivity index (χ4v) is 8.41. The second kappa shape index (κ2) is 7.40. The zero-order valence-electron chi connectivity index (χ0n) is 20.0. The quantitative estimate of drug-likeness (QED) is 0.594. The van der Waals surface area contributed by atoms with Crippen molar-refractivity contribution in [3.05, 3.63) is 66.0 Å². The van der Waals surface area contributed by atoms with Crippen LogP contribution in [-0.2, 0) is 16.0 Å². The number of aromatic nitrogens is 2. The van der Waals surface area contributed by atoms with Crippen molar-refractivity contribution in [3.63, 3.8) is 0 Å². The summed E-state index contributed by atoms with van der Waals surface area (Å²) in [6, 6.07) is 21.1. The molecular weight excluding hydrogens is 436 g/mol. The molecule has 4 heterocycles. The topological polar surface area (TPSA) is 59.4 Å². The van der Waals surface area contributed by atoms with E-state index < -0.39 is 0 Å². The number of imidazole rings is 1. The molecule has 1 spiro atoms. The molecule has 8 rings (SSSR count). The fraction of sp³-hybridized carbons (Fsp3) is 0.517. The summed E-state index contributed by atoms with van der Waals surface area (Å²) in [5, 5.41) is 3.34. The van der Waals surface area contributed by atoms with Gasteiger partial charge >= 0.3 is 0 Å². The van der Waals surface area contributed by atoms with Crippen LogP contribution in [0, 0.1) is 11.3 Å². The van der Waals surface area contributed by atoms with Gasteiger partial charge in [0.05, 0.1) is 17.1 Å². The Hall–Kier alpha value is -2.70. The van der Waals surface area contributed by atoms with Crippen LogP contribution in [-0.4, -0.2) is 51.7 Å². The molecule has 2 aliphatic carbocycles. The first-order valence-corrected chi connectivity index (χ1v) is 13.4. The number of para-hydroxylation sites is 2. The Morgan fingerprint density at radius 3 is 2.89 bits per heavy atom. The maximum Gasteiger partial charge on any atom is 0.249 e. The number of nitrogens with zero attached hydrogens (tertiary/aromatic N) is 3. The van der Waals surface area contributed by atoms with Crippen LogP contribution in [0.5, 0.6) is 0 Å². The predicted octanol–water partition coefficient (Wildman–Crippen LogP) is 4.02. The maximum atomic E-state index is 12.9. The molecule has 3 aromatic rings. The predicted molar refractivity (Wildman–Crippen MR) is 133 cm³/mol. The smallest absolute Gasteiger partial charge is 0.249 e. The van der Waals surface area contributed by atoms with E-state index in [2.05, 4.69) is 63.3 Å². The largest absolute Gasteiger partial charge is 0.368 e. The van der Waals surface area contributed by atoms with Gasteiger partial charge in [-0.25, -0.2) is 4.98 Å². The van der Waals surface area contributed by atoms with Gasteiger partial charge in [-0.1, -0.05) is 42.5 Å². The van der Waals surface area contributed by atoms with Crippen LogP contribution in [0.15, 0.2) is 54.6 Å². The SMILES string of the molecule is O=C(N[C@@H](CCN1C2CC3CC24C(Cc2nc5ccccc5n23)C14)c1ccccc1)C1CCCO1. The molecule has 180 valence electrons. The first-order chi connectivity index (χ1) is 17.2. The van der Waals surface area contributed by atoms with Gasteiger partial charge in [0, 0.05) is 43.1 Å². The third-order valence-corrected chi connectivity index (χ3v) is 9.83. The summed E-state index contributed by atoms with van der Waals surface area (Å²) in [6.45, 7) is 1.73. The maximum absolute atomic E-state index is 12.9. The molecule has 2 aromatic carbocycles. The van der Waals surface area contributed by atoms with Crippen LogP contribution < -0.4 is 5.32 Å². The standard InChI is InChI=1S/C29H32N4O2/c34-28(24-11-6-14-35-24)31-21(18-7-2-1-3-8-18)12-13-32-25-15-19-17-29(25)20(27(29)32)16-26-30-22-9-4-5-10-23(22)33(19)26/h1-5,7-10,19-21,24-25,27H,6,11-17H2,(H,31,34)/t19?,20?,21-,24?,25?,27?,29?/m0/s1.